The minimum atomic E-state index is -0.334. The number of carbonyl (C=O) groups is 1. The summed E-state index contributed by atoms with van der Waals surface area (Å²) in [6.07, 6.45) is 1.58. The van der Waals surface area contributed by atoms with Gasteiger partial charge in [-0.1, -0.05) is 30.0 Å². The SMILES string of the molecule is COc1ccc(-n2cnnc2SCC(=O)NCc2ccccc2F)cc1. The number of halogens is 1. The Labute approximate surface area is 154 Å². The maximum Gasteiger partial charge on any atom is 0.230 e. The van der Waals surface area contributed by atoms with E-state index < -0.39 is 0 Å². The summed E-state index contributed by atoms with van der Waals surface area (Å²) in [6, 6.07) is 13.8. The van der Waals surface area contributed by atoms with E-state index in [9.17, 15) is 9.18 Å². The minimum absolute atomic E-state index is 0.150. The van der Waals surface area contributed by atoms with Crippen molar-refractivity contribution in [2.75, 3.05) is 12.9 Å². The van der Waals surface area contributed by atoms with E-state index in [1.54, 1.807) is 36.2 Å². The molecule has 1 aromatic heterocycles. The zero-order valence-electron chi connectivity index (χ0n) is 14.1. The van der Waals surface area contributed by atoms with E-state index in [1.807, 2.05) is 24.3 Å². The average molecular weight is 372 g/mol. The van der Waals surface area contributed by atoms with Gasteiger partial charge in [0, 0.05) is 17.8 Å². The van der Waals surface area contributed by atoms with Gasteiger partial charge in [0.2, 0.25) is 5.91 Å². The van der Waals surface area contributed by atoms with Crippen molar-refractivity contribution in [3.63, 3.8) is 0 Å². The smallest absolute Gasteiger partial charge is 0.230 e. The summed E-state index contributed by atoms with van der Waals surface area (Å²) in [5, 5.41) is 11.2. The predicted molar refractivity (Wildman–Crippen MR) is 96.9 cm³/mol. The van der Waals surface area contributed by atoms with Crippen LogP contribution < -0.4 is 10.1 Å². The largest absolute Gasteiger partial charge is 0.497 e. The fraction of sp³-hybridized carbons (Fsp3) is 0.167. The molecule has 0 unspecified atom stereocenters. The first-order valence-corrected chi connectivity index (χ1v) is 8.83. The maximum absolute atomic E-state index is 13.6. The molecular weight excluding hydrogens is 355 g/mol. The molecule has 0 aliphatic rings. The number of amides is 1. The van der Waals surface area contributed by atoms with Crippen LogP contribution in [0.25, 0.3) is 5.69 Å². The normalized spacial score (nSPS) is 10.5. The van der Waals surface area contributed by atoms with Crippen molar-refractivity contribution in [2.24, 2.45) is 0 Å². The lowest BCUT2D eigenvalue weighted by Gasteiger charge is -2.08. The van der Waals surface area contributed by atoms with E-state index in [0.717, 1.165) is 11.4 Å². The Morgan fingerprint density at radius 3 is 2.73 bits per heavy atom. The lowest BCUT2D eigenvalue weighted by Crippen LogP contribution is -2.25. The van der Waals surface area contributed by atoms with Crippen molar-refractivity contribution in [1.29, 1.82) is 0 Å². The Bertz CT molecular complexity index is 883. The van der Waals surface area contributed by atoms with Gasteiger partial charge >= 0.3 is 0 Å². The quantitative estimate of drug-likeness (QED) is 0.646. The number of nitrogens with one attached hydrogen (secondary N) is 1. The van der Waals surface area contributed by atoms with Gasteiger partial charge in [0.05, 0.1) is 12.9 Å². The molecule has 0 atom stereocenters. The van der Waals surface area contributed by atoms with Gasteiger partial charge in [-0.3, -0.25) is 9.36 Å². The van der Waals surface area contributed by atoms with Crippen LogP contribution in [0.15, 0.2) is 60.0 Å². The molecule has 3 rings (SSSR count). The minimum Gasteiger partial charge on any atom is -0.497 e. The van der Waals surface area contributed by atoms with Crippen LogP contribution in [0.5, 0.6) is 5.75 Å². The van der Waals surface area contributed by atoms with Gasteiger partial charge in [-0.2, -0.15) is 0 Å². The number of hydrogen-bond donors (Lipinski definition) is 1. The van der Waals surface area contributed by atoms with Gasteiger partial charge in [0.15, 0.2) is 5.16 Å². The Hall–Kier alpha value is -2.87. The van der Waals surface area contributed by atoms with Gasteiger partial charge in [0.25, 0.3) is 0 Å². The third-order valence-electron chi connectivity index (χ3n) is 3.63. The number of rotatable bonds is 7. The van der Waals surface area contributed by atoms with E-state index >= 15 is 0 Å². The van der Waals surface area contributed by atoms with E-state index in [-0.39, 0.29) is 24.0 Å². The van der Waals surface area contributed by atoms with E-state index in [4.69, 9.17) is 4.74 Å². The number of ether oxygens (including phenoxy) is 1. The molecule has 1 N–H and O–H groups in total. The molecule has 0 aliphatic carbocycles. The highest BCUT2D eigenvalue weighted by molar-refractivity contribution is 7.99. The third kappa shape index (κ3) is 4.40. The van der Waals surface area contributed by atoms with Crippen molar-refractivity contribution in [3.8, 4) is 11.4 Å². The number of aromatic nitrogens is 3. The van der Waals surface area contributed by atoms with Gasteiger partial charge in [0.1, 0.15) is 17.9 Å². The van der Waals surface area contributed by atoms with Crippen LogP contribution in [0, 0.1) is 5.82 Å². The Kier molecular flexibility index (Phi) is 5.85. The molecule has 26 heavy (non-hydrogen) atoms. The highest BCUT2D eigenvalue weighted by Crippen LogP contribution is 2.21. The highest BCUT2D eigenvalue weighted by Gasteiger charge is 2.11. The molecule has 6 nitrogen and oxygen atoms in total. The molecular formula is C18H17FN4O2S. The molecule has 0 saturated heterocycles. The monoisotopic (exact) mass is 372 g/mol. The number of methoxy groups -OCH3 is 1. The highest BCUT2D eigenvalue weighted by atomic mass is 32.2. The van der Waals surface area contributed by atoms with Crippen molar-refractivity contribution in [1.82, 2.24) is 20.1 Å². The van der Waals surface area contributed by atoms with E-state index in [1.165, 1.54) is 17.8 Å². The fourth-order valence-corrected chi connectivity index (χ4v) is 3.02. The summed E-state index contributed by atoms with van der Waals surface area (Å²) in [6.45, 7) is 0.150. The summed E-state index contributed by atoms with van der Waals surface area (Å²) in [4.78, 5) is 12.0. The molecule has 2 aromatic carbocycles. The molecule has 0 radical (unpaired) electrons. The van der Waals surface area contributed by atoms with E-state index in [0.29, 0.717) is 10.7 Å². The molecule has 1 amide bonds. The van der Waals surface area contributed by atoms with Crippen LogP contribution in [-0.2, 0) is 11.3 Å². The number of hydrogen-bond acceptors (Lipinski definition) is 5. The molecule has 8 heteroatoms. The maximum atomic E-state index is 13.6. The fourth-order valence-electron chi connectivity index (χ4n) is 2.26. The summed E-state index contributed by atoms with van der Waals surface area (Å²) < 4.78 is 20.5. The predicted octanol–water partition coefficient (Wildman–Crippen LogP) is 2.82. The Balaban J connectivity index is 1.57. The standard InChI is InChI=1S/C18H17FN4O2S/c1-25-15-8-6-14(7-9-15)23-12-21-22-18(23)26-11-17(24)20-10-13-4-2-3-5-16(13)19/h2-9,12H,10-11H2,1H3,(H,20,24). The molecule has 0 bridgehead atoms. The number of nitrogens with zero attached hydrogens (tertiary/aromatic N) is 3. The van der Waals surface area contributed by atoms with Crippen LogP contribution >= 0.6 is 11.8 Å². The van der Waals surface area contributed by atoms with Crippen LogP contribution in [0.1, 0.15) is 5.56 Å². The second-order valence-corrected chi connectivity index (χ2v) is 6.28. The lowest BCUT2D eigenvalue weighted by molar-refractivity contribution is -0.118. The zero-order chi connectivity index (χ0) is 18.4. The second-order valence-electron chi connectivity index (χ2n) is 5.34. The van der Waals surface area contributed by atoms with Gasteiger partial charge in [-0.25, -0.2) is 4.39 Å². The second kappa shape index (κ2) is 8.48. The summed E-state index contributed by atoms with van der Waals surface area (Å²) in [5.74, 6) is 0.370. The zero-order valence-corrected chi connectivity index (χ0v) is 14.9. The molecule has 3 aromatic rings. The summed E-state index contributed by atoms with van der Waals surface area (Å²) in [5.41, 5.74) is 1.32. The topological polar surface area (TPSA) is 69.0 Å². The summed E-state index contributed by atoms with van der Waals surface area (Å²) in [7, 11) is 1.61. The molecule has 0 fully saturated rings. The van der Waals surface area contributed by atoms with Crippen LogP contribution in [-0.4, -0.2) is 33.5 Å². The Morgan fingerprint density at radius 1 is 1.23 bits per heavy atom. The van der Waals surface area contributed by atoms with Crippen molar-refractivity contribution >= 4 is 17.7 Å². The molecule has 134 valence electrons. The summed E-state index contributed by atoms with van der Waals surface area (Å²) >= 11 is 1.26. The molecule has 0 spiro atoms. The van der Waals surface area contributed by atoms with Crippen LogP contribution in [0.3, 0.4) is 0 Å². The molecule has 1 heterocycles. The molecule has 0 aliphatic heterocycles. The lowest BCUT2D eigenvalue weighted by atomic mass is 10.2. The molecule has 0 saturated carbocycles. The van der Waals surface area contributed by atoms with Gasteiger partial charge in [-0.15, -0.1) is 10.2 Å². The van der Waals surface area contributed by atoms with Crippen LogP contribution in [0.2, 0.25) is 0 Å². The number of carbonyl (C=O) groups excluding carboxylic acids is 1. The first-order chi connectivity index (χ1) is 12.7. The van der Waals surface area contributed by atoms with Crippen molar-refractivity contribution < 1.29 is 13.9 Å². The first kappa shape index (κ1) is 17.9. The van der Waals surface area contributed by atoms with Gasteiger partial charge in [-0.05, 0) is 30.3 Å². The van der Waals surface area contributed by atoms with Crippen molar-refractivity contribution in [3.05, 3.63) is 66.2 Å². The average Bonchev–Trinajstić information content (AvgIpc) is 3.14. The van der Waals surface area contributed by atoms with Crippen LogP contribution in [0.4, 0.5) is 4.39 Å². The first-order valence-electron chi connectivity index (χ1n) is 7.84. The van der Waals surface area contributed by atoms with Gasteiger partial charge < -0.3 is 10.1 Å². The third-order valence-corrected chi connectivity index (χ3v) is 4.58. The number of benzene rings is 2. The van der Waals surface area contributed by atoms with Crippen molar-refractivity contribution in [2.45, 2.75) is 11.7 Å². The van der Waals surface area contributed by atoms with E-state index in [2.05, 4.69) is 15.5 Å². The number of thioether (sulfide) groups is 1. The Morgan fingerprint density at radius 2 is 2.00 bits per heavy atom.